The maximum absolute atomic E-state index is 13.0. The first-order valence-electron chi connectivity index (χ1n) is 9.88. The van der Waals surface area contributed by atoms with Crippen LogP contribution in [0.1, 0.15) is 15.6 Å². The number of hydrogen-bond donors (Lipinski definition) is 1. The molecule has 1 saturated heterocycles. The van der Waals surface area contributed by atoms with Crippen LogP contribution < -0.4 is 10.2 Å². The molecular weight excluding hydrogens is 398 g/mol. The molecule has 30 heavy (non-hydrogen) atoms. The van der Waals surface area contributed by atoms with Crippen molar-refractivity contribution in [3.63, 3.8) is 0 Å². The third kappa shape index (κ3) is 3.69. The molecule has 1 fully saturated rings. The standard InChI is InChI=1S/C23H21N3O3S/c1-15-24-19-13-17(7-8-20(19)29-15)25-22(27)21-14-18(16-5-3-2-4-6-16)23(30-21)26-9-11-28-12-10-26/h2-8,13-14H,9-12H2,1H3,(H,25,27). The number of thiophene rings is 1. The van der Waals surface area contributed by atoms with E-state index in [0.717, 1.165) is 34.7 Å². The van der Waals surface area contributed by atoms with E-state index < -0.39 is 0 Å². The van der Waals surface area contributed by atoms with Crippen LogP contribution in [0.5, 0.6) is 0 Å². The van der Waals surface area contributed by atoms with Crippen molar-refractivity contribution >= 4 is 39.0 Å². The summed E-state index contributed by atoms with van der Waals surface area (Å²) in [6.45, 7) is 4.85. The molecule has 0 unspecified atom stereocenters. The van der Waals surface area contributed by atoms with E-state index in [4.69, 9.17) is 9.15 Å². The van der Waals surface area contributed by atoms with Gasteiger partial charge in [0, 0.05) is 31.3 Å². The largest absolute Gasteiger partial charge is 0.441 e. The molecule has 1 N–H and O–H groups in total. The van der Waals surface area contributed by atoms with Crippen molar-refractivity contribution in [1.82, 2.24) is 4.98 Å². The van der Waals surface area contributed by atoms with Crippen LogP contribution in [0, 0.1) is 6.92 Å². The molecule has 1 aliphatic rings. The van der Waals surface area contributed by atoms with Gasteiger partial charge in [-0.3, -0.25) is 4.79 Å². The van der Waals surface area contributed by atoms with Crippen LogP contribution in [0.3, 0.4) is 0 Å². The Hall–Kier alpha value is -3.16. The highest BCUT2D eigenvalue weighted by molar-refractivity contribution is 7.18. The van der Waals surface area contributed by atoms with Gasteiger partial charge in [0.05, 0.1) is 23.1 Å². The topological polar surface area (TPSA) is 67.6 Å². The zero-order chi connectivity index (χ0) is 20.5. The summed E-state index contributed by atoms with van der Waals surface area (Å²) < 4.78 is 11.0. The first kappa shape index (κ1) is 18.8. The van der Waals surface area contributed by atoms with E-state index in [1.165, 1.54) is 11.3 Å². The fourth-order valence-electron chi connectivity index (χ4n) is 3.63. The minimum Gasteiger partial charge on any atom is -0.441 e. The Morgan fingerprint density at radius 1 is 1.10 bits per heavy atom. The fourth-order valence-corrected chi connectivity index (χ4v) is 4.76. The van der Waals surface area contributed by atoms with Crippen molar-refractivity contribution in [1.29, 1.82) is 0 Å². The zero-order valence-corrected chi connectivity index (χ0v) is 17.4. The molecule has 1 amide bonds. The SMILES string of the molecule is Cc1nc2cc(NC(=O)c3cc(-c4ccccc4)c(N4CCOCC4)s3)ccc2o1. The number of aryl methyl sites for hydroxylation is 1. The fraction of sp³-hybridized carbons (Fsp3) is 0.217. The van der Waals surface area contributed by atoms with Crippen LogP contribution in [-0.4, -0.2) is 37.2 Å². The number of carbonyl (C=O) groups is 1. The molecule has 0 spiro atoms. The van der Waals surface area contributed by atoms with Gasteiger partial charge in [-0.1, -0.05) is 30.3 Å². The maximum atomic E-state index is 13.0. The van der Waals surface area contributed by atoms with Gasteiger partial charge in [0.25, 0.3) is 5.91 Å². The van der Waals surface area contributed by atoms with E-state index in [-0.39, 0.29) is 5.91 Å². The molecule has 2 aromatic carbocycles. The minimum absolute atomic E-state index is 0.128. The molecule has 0 aliphatic carbocycles. The first-order chi connectivity index (χ1) is 14.7. The van der Waals surface area contributed by atoms with Gasteiger partial charge in [0.2, 0.25) is 0 Å². The molecule has 7 heteroatoms. The number of carbonyl (C=O) groups excluding carboxylic acids is 1. The number of amides is 1. The van der Waals surface area contributed by atoms with Gasteiger partial charge in [-0.05, 0) is 29.8 Å². The predicted octanol–water partition coefficient (Wildman–Crippen LogP) is 4.95. The summed E-state index contributed by atoms with van der Waals surface area (Å²) in [7, 11) is 0. The molecule has 6 nitrogen and oxygen atoms in total. The third-order valence-corrected chi connectivity index (χ3v) is 6.27. The van der Waals surface area contributed by atoms with Crippen molar-refractivity contribution in [2.75, 3.05) is 36.5 Å². The minimum atomic E-state index is -0.128. The molecule has 2 aromatic heterocycles. The molecule has 3 heterocycles. The van der Waals surface area contributed by atoms with E-state index >= 15 is 0 Å². The molecule has 0 bridgehead atoms. The van der Waals surface area contributed by atoms with Gasteiger partial charge in [-0.25, -0.2) is 4.98 Å². The van der Waals surface area contributed by atoms with Crippen molar-refractivity contribution in [2.24, 2.45) is 0 Å². The van der Waals surface area contributed by atoms with Crippen molar-refractivity contribution in [2.45, 2.75) is 6.92 Å². The second-order valence-corrected chi connectivity index (χ2v) is 8.20. The number of morpholine rings is 1. The Morgan fingerprint density at radius 3 is 2.70 bits per heavy atom. The first-order valence-corrected chi connectivity index (χ1v) is 10.7. The summed E-state index contributed by atoms with van der Waals surface area (Å²) >= 11 is 1.52. The van der Waals surface area contributed by atoms with E-state index in [1.54, 1.807) is 0 Å². The lowest BCUT2D eigenvalue weighted by atomic mass is 10.1. The van der Waals surface area contributed by atoms with Gasteiger partial charge in [0.15, 0.2) is 11.5 Å². The number of oxazole rings is 1. The molecule has 0 radical (unpaired) electrons. The molecular formula is C23H21N3O3S. The smallest absolute Gasteiger partial charge is 0.265 e. The Labute approximate surface area is 178 Å². The van der Waals surface area contributed by atoms with Gasteiger partial charge in [-0.2, -0.15) is 0 Å². The highest BCUT2D eigenvalue weighted by Crippen LogP contribution is 2.39. The van der Waals surface area contributed by atoms with Gasteiger partial charge < -0.3 is 19.4 Å². The van der Waals surface area contributed by atoms with Crippen molar-refractivity contribution in [3.8, 4) is 11.1 Å². The average molecular weight is 420 g/mol. The van der Waals surface area contributed by atoms with Gasteiger partial charge >= 0.3 is 0 Å². The Bertz CT molecular complexity index is 1190. The lowest BCUT2D eigenvalue weighted by molar-refractivity contribution is 0.103. The normalized spacial score (nSPS) is 14.2. The average Bonchev–Trinajstić information content (AvgIpc) is 3.38. The zero-order valence-electron chi connectivity index (χ0n) is 16.6. The number of rotatable bonds is 4. The van der Waals surface area contributed by atoms with Crippen LogP contribution in [0.4, 0.5) is 10.7 Å². The van der Waals surface area contributed by atoms with Crippen LogP contribution in [0.2, 0.25) is 0 Å². The number of hydrogen-bond acceptors (Lipinski definition) is 6. The van der Waals surface area contributed by atoms with Gasteiger partial charge in [-0.15, -0.1) is 11.3 Å². The number of anilines is 2. The summed E-state index contributed by atoms with van der Waals surface area (Å²) in [4.78, 5) is 20.4. The number of nitrogens with zero attached hydrogens (tertiary/aromatic N) is 2. The Kier molecular flexibility index (Phi) is 4.98. The lowest BCUT2D eigenvalue weighted by Crippen LogP contribution is -2.35. The Morgan fingerprint density at radius 2 is 1.90 bits per heavy atom. The molecule has 5 rings (SSSR count). The summed E-state index contributed by atoms with van der Waals surface area (Å²) in [6, 6.07) is 17.7. The number of fused-ring (bicyclic) bond motifs is 1. The van der Waals surface area contributed by atoms with E-state index in [1.807, 2.05) is 49.4 Å². The molecule has 0 saturated carbocycles. The highest BCUT2D eigenvalue weighted by Gasteiger charge is 2.22. The number of nitrogens with one attached hydrogen (secondary N) is 1. The predicted molar refractivity (Wildman–Crippen MR) is 119 cm³/mol. The van der Waals surface area contributed by atoms with Crippen LogP contribution >= 0.6 is 11.3 Å². The Balaban J connectivity index is 1.46. The molecule has 152 valence electrons. The van der Waals surface area contributed by atoms with Crippen LogP contribution in [0.15, 0.2) is 59.0 Å². The molecule has 0 atom stereocenters. The summed E-state index contributed by atoms with van der Waals surface area (Å²) in [5.41, 5.74) is 4.32. The lowest BCUT2D eigenvalue weighted by Gasteiger charge is -2.28. The number of benzene rings is 2. The van der Waals surface area contributed by atoms with Crippen LogP contribution in [0.25, 0.3) is 22.2 Å². The number of ether oxygens (including phenoxy) is 1. The highest BCUT2D eigenvalue weighted by atomic mass is 32.1. The molecule has 1 aliphatic heterocycles. The summed E-state index contributed by atoms with van der Waals surface area (Å²) in [5.74, 6) is 0.477. The molecule has 4 aromatic rings. The maximum Gasteiger partial charge on any atom is 0.265 e. The monoisotopic (exact) mass is 419 g/mol. The van der Waals surface area contributed by atoms with E-state index in [2.05, 4.69) is 27.3 Å². The van der Waals surface area contributed by atoms with Crippen molar-refractivity contribution in [3.05, 3.63) is 65.4 Å². The third-order valence-electron chi connectivity index (χ3n) is 5.07. The van der Waals surface area contributed by atoms with E-state index in [9.17, 15) is 4.79 Å². The summed E-state index contributed by atoms with van der Waals surface area (Å²) in [5, 5.41) is 4.11. The van der Waals surface area contributed by atoms with Crippen molar-refractivity contribution < 1.29 is 13.9 Å². The van der Waals surface area contributed by atoms with Crippen LogP contribution in [-0.2, 0) is 4.74 Å². The number of aromatic nitrogens is 1. The van der Waals surface area contributed by atoms with E-state index in [0.29, 0.717) is 35.3 Å². The quantitative estimate of drug-likeness (QED) is 0.507. The summed E-state index contributed by atoms with van der Waals surface area (Å²) in [6.07, 6.45) is 0. The second-order valence-electron chi connectivity index (χ2n) is 7.16. The van der Waals surface area contributed by atoms with Gasteiger partial charge in [0.1, 0.15) is 5.52 Å². The second kappa shape index (κ2) is 7.93.